The first-order valence-corrected chi connectivity index (χ1v) is 5.14. The van der Waals surface area contributed by atoms with Crippen LogP contribution < -0.4 is 0 Å². The molecule has 0 bridgehead atoms. The normalized spacial score (nSPS) is 10.6. The Morgan fingerprint density at radius 2 is 2.33 bits per heavy atom. The Hall–Kier alpha value is -1.36. The van der Waals surface area contributed by atoms with E-state index in [0.717, 1.165) is 15.6 Å². The van der Waals surface area contributed by atoms with Crippen molar-refractivity contribution >= 4 is 27.4 Å². The van der Waals surface area contributed by atoms with Crippen LogP contribution in [0.2, 0.25) is 0 Å². The molecule has 0 saturated carbocycles. The fourth-order valence-corrected chi connectivity index (χ4v) is 1.68. The zero-order chi connectivity index (χ0) is 11.0. The zero-order valence-electron chi connectivity index (χ0n) is 8.32. The fourth-order valence-electron chi connectivity index (χ4n) is 1.37. The molecule has 0 aliphatic carbocycles. The minimum Gasteiger partial charge on any atom is -0.465 e. The van der Waals surface area contributed by atoms with Crippen molar-refractivity contribution in [1.82, 2.24) is 9.61 Å². The molecule has 0 aliphatic heterocycles. The summed E-state index contributed by atoms with van der Waals surface area (Å²) < 4.78 is 7.26. The Labute approximate surface area is 95.0 Å². The van der Waals surface area contributed by atoms with Crippen molar-refractivity contribution in [3.05, 3.63) is 34.1 Å². The standard InChI is InChI=1S/C10H9BrN2O2/c1-6-3-9-7(10(14)15-2)4-12-13(9)5-8(6)11/h3-5H,1-2H3. The number of hydrogen-bond donors (Lipinski definition) is 0. The smallest absolute Gasteiger partial charge is 0.341 e. The molecule has 0 unspecified atom stereocenters. The Balaban J connectivity index is 2.69. The van der Waals surface area contributed by atoms with Crippen molar-refractivity contribution in [3.8, 4) is 0 Å². The summed E-state index contributed by atoms with van der Waals surface area (Å²) in [4.78, 5) is 11.4. The highest BCUT2D eigenvalue weighted by Crippen LogP contribution is 2.20. The molecule has 0 radical (unpaired) electrons. The minimum atomic E-state index is -0.369. The van der Waals surface area contributed by atoms with Crippen molar-refractivity contribution < 1.29 is 9.53 Å². The van der Waals surface area contributed by atoms with E-state index in [0.29, 0.717) is 5.56 Å². The quantitative estimate of drug-likeness (QED) is 0.745. The maximum absolute atomic E-state index is 11.4. The van der Waals surface area contributed by atoms with Gasteiger partial charge in [-0.05, 0) is 34.5 Å². The van der Waals surface area contributed by atoms with Gasteiger partial charge in [0.2, 0.25) is 0 Å². The molecule has 4 nitrogen and oxygen atoms in total. The number of esters is 1. The third-order valence-corrected chi connectivity index (χ3v) is 3.04. The fraction of sp³-hybridized carbons (Fsp3) is 0.200. The number of hydrogen-bond acceptors (Lipinski definition) is 3. The van der Waals surface area contributed by atoms with Gasteiger partial charge in [0, 0.05) is 10.7 Å². The SMILES string of the molecule is COC(=O)c1cnn2cc(Br)c(C)cc12. The summed E-state index contributed by atoms with van der Waals surface area (Å²) in [7, 11) is 1.36. The third-order valence-electron chi connectivity index (χ3n) is 2.20. The number of ether oxygens (including phenoxy) is 1. The van der Waals surface area contributed by atoms with Crippen LogP contribution in [0.4, 0.5) is 0 Å². The van der Waals surface area contributed by atoms with E-state index >= 15 is 0 Å². The molecule has 0 atom stereocenters. The minimum absolute atomic E-state index is 0.369. The van der Waals surface area contributed by atoms with Gasteiger partial charge in [0.25, 0.3) is 0 Å². The maximum Gasteiger partial charge on any atom is 0.341 e. The summed E-state index contributed by atoms with van der Waals surface area (Å²) in [6.45, 7) is 1.96. The van der Waals surface area contributed by atoms with Crippen LogP contribution in [-0.2, 0) is 4.74 Å². The number of halogens is 1. The number of aromatic nitrogens is 2. The highest BCUT2D eigenvalue weighted by atomic mass is 79.9. The predicted molar refractivity (Wildman–Crippen MR) is 59.0 cm³/mol. The first-order valence-electron chi connectivity index (χ1n) is 4.35. The summed E-state index contributed by atoms with van der Waals surface area (Å²) in [5.74, 6) is -0.369. The Bertz CT molecular complexity index is 533. The first kappa shape index (κ1) is 10.2. The van der Waals surface area contributed by atoms with E-state index in [1.807, 2.05) is 19.2 Å². The maximum atomic E-state index is 11.4. The van der Waals surface area contributed by atoms with Gasteiger partial charge in [-0.15, -0.1) is 0 Å². The summed E-state index contributed by atoms with van der Waals surface area (Å²) in [6, 6.07) is 1.89. The van der Waals surface area contributed by atoms with Gasteiger partial charge in [-0.3, -0.25) is 0 Å². The van der Waals surface area contributed by atoms with Crippen molar-refractivity contribution in [3.63, 3.8) is 0 Å². The predicted octanol–water partition coefficient (Wildman–Crippen LogP) is 2.19. The number of nitrogens with zero attached hydrogens (tertiary/aromatic N) is 2. The number of carbonyl (C=O) groups excluding carboxylic acids is 1. The lowest BCUT2D eigenvalue weighted by Gasteiger charge is -2.01. The van der Waals surface area contributed by atoms with E-state index in [1.54, 1.807) is 4.52 Å². The van der Waals surface area contributed by atoms with Gasteiger partial charge in [0.05, 0.1) is 18.8 Å². The van der Waals surface area contributed by atoms with Crippen LogP contribution in [0, 0.1) is 6.92 Å². The van der Waals surface area contributed by atoms with Gasteiger partial charge < -0.3 is 4.74 Å². The van der Waals surface area contributed by atoms with Crippen LogP contribution in [0.1, 0.15) is 15.9 Å². The molecule has 0 saturated heterocycles. The summed E-state index contributed by atoms with van der Waals surface area (Å²) >= 11 is 3.40. The molecule has 2 aromatic heterocycles. The number of aryl methyl sites for hydroxylation is 1. The average molecular weight is 269 g/mol. The topological polar surface area (TPSA) is 43.6 Å². The molecule has 78 valence electrons. The molecule has 2 rings (SSSR count). The lowest BCUT2D eigenvalue weighted by Crippen LogP contribution is -2.00. The van der Waals surface area contributed by atoms with Crippen LogP contribution in [0.15, 0.2) is 22.9 Å². The van der Waals surface area contributed by atoms with E-state index in [1.165, 1.54) is 13.3 Å². The van der Waals surface area contributed by atoms with Crippen LogP contribution in [0.3, 0.4) is 0 Å². The zero-order valence-corrected chi connectivity index (χ0v) is 9.91. The second-order valence-corrected chi connectivity index (χ2v) is 4.04. The molecular formula is C10H9BrN2O2. The summed E-state index contributed by atoms with van der Waals surface area (Å²) in [5, 5.41) is 4.08. The number of fused-ring (bicyclic) bond motifs is 1. The van der Waals surface area contributed by atoms with E-state index < -0.39 is 0 Å². The average Bonchev–Trinajstić information content (AvgIpc) is 2.61. The molecule has 0 N–H and O–H groups in total. The Kier molecular flexibility index (Phi) is 2.48. The van der Waals surface area contributed by atoms with Gasteiger partial charge in [-0.1, -0.05) is 0 Å². The molecule has 2 aromatic rings. The van der Waals surface area contributed by atoms with Gasteiger partial charge >= 0.3 is 5.97 Å². The Morgan fingerprint density at radius 3 is 3.00 bits per heavy atom. The van der Waals surface area contributed by atoms with Crippen molar-refractivity contribution in [2.45, 2.75) is 6.92 Å². The molecule has 0 aromatic carbocycles. The second-order valence-electron chi connectivity index (χ2n) is 3.18. The number of carbonyl (C=O) groups is 1. The lowest BCUT2D eigenvalue weighted by molar-refractivity contribution is 0.0603. The van der Waals surface area contributed by atoms with Crippen molar-refractivity contribution in [2.24, 2.45) is 0 Å². The van der Waals surface area contributed by atoms with Crippen LogP contribution in [-0.4, -0.2) is 22.7 Å². The second kappa shape index (κ2) is 3.66. The largest absolute Gasteiger partial charge is 0.465 e. The number of pyridine rings is 1. The molecular weight excluding hydrogens is 260 g/mol. The molecule has 0 amide bonds. The molecule has 0 fully saturated rings. The summed E-state index contributed by atoms with van der Waals surface area (Å²) in [6.07, 6.45) is 3.32. The van der Waals surface area contributed by atoms with Crippen molar-refractivity contribution in [1.29, 1.82) is 0 Å². The molecule has 0 aliphatic rings. The lowest BCUT2D eigenvalue weighted by atomic mass is 10.2. The Morgan fingerprint density at radius 1 is 1.60 bits per heavy atom. The first-order chi connectivity index (χ1) is 7.13. The van der Waals surface area contributed by atoms with Gasteiger partial charge in [0.15, 0.2) is 0 Å². The van der Waals surface area contributed by atoms with Crippen molar-refractivity contribution in [2.75, 3.05) is 7.11 Å². The highest BCUT2D eigenvalue weighted by molar-refractivity contribution is 9.10. The molecule has 5 heteroatoms. The van der Waals surface area contributed by atoms with E-state index in [-0.39, 0.29) is 5.97 Å². The molecule has 0 spiro atoms. The third kappa shape index (κ3) is 1.63. The van der Waals surface area contributed by atoms with Crippen LogP contribution in [0.5, 0.6) is 0 Å². The highest BCUT2D eigenvalue weighted by Gasteiger charge is 2.13. The van der Waals surface area contributed by atoms with Crippen LogP contribution >= 0.6 is 15.9 Å². The molecule has 15 heavy (non-hydrogen) atoms. The van der Waals surface area contributed by atoms with E-state index in [2.05, 4.69) is 25.8 Å². The van der Waals surface area contributed by atoms with Gasteiger partial charge in [0.1, 0.15) is 5.56 Å². The summed E-state index contributed by atoms with van der Waals surface area (Å²) in [5.41, 5.74) is 2.28. The molecule has 2 heterocycles. The van der Waals surface area contributed by atoms with E-state index in [4.69, 9.17) is 0 Å². The van der Waals surface area contributed by atoms with Crippen LogP contribution in [0.25, 0.3) is 5.52 Å². The van der Waals surface area contributed by atoms with E-state index in [9.17, 15) is 4.79 Å². The van der Waals surface area contributed by atoms with Gasteiger partial charge in [-0.2, -0.15) is 5.10 Å². The van der Waals surface area contributed by atoms with Gasteiger partial charge in [-0.25, -0.2) is 9.31 Å². The number of methoxy groups -OCH3 is 1. The number of rotatable bonds is 1. The monoisotopic (exact) mass is 268 g/mol.